The first-order valence-electron chi connectivity index (χ1n) is 6.78. The van der Waals surface area contributed by atoms with Gasteiger partial charge in [0.2, 0.25) is 5.89 Å². The summed E-state index contributed by atoms with van der Waals surface area (Å²) in [7, 11) is 0. The molecule has 1 aliphatic rings. The molecule has 0 amide bonds. The zero-order valence-electron chi connectivity index (χ0n) is 11.2. The molecule has 1 aliphatic heterocycles. The zero-order chi connectivity index (χ0) is 13.8. The highest BCUT2D eigenvalue weighted by molar-refractivity contribution is 7.99. The molecule has 0 radical (unpaired) electrons. The van der Waals surface area contributed by atoms with E-state index < -0.39 is 0 Å². The van der Waals surface area contributed by atoms with Crippen molar-refractivity contribution in [3.63, 3.8) is 0 Å². The van der Waals surface area contributed by atoms with E-state index in [-0.39, 0.29) is 6.04 Å². The second-order valence-corrected chi connectivity index (χ2v) is 6.04. The van der Waals surface area contributed by atoms with Gasteiger partial charge in [-0.3, -0.25) is 0 Å². The first-order valence-corrected chi connectivity index (χ1v) is 7.94. The molecule has 0 bridgehead atoms. The fraction of sp³-hybridized carbons (Fsp3) is 0.429. The molecule has 0 saturated carbocycles. The highest BCUT2D eigenvalue weighted by Gasteiger charge is 2.20. The molecular formula is C14H18N4OS. The SMILES string of the molecule is N[C@H](Cc1ccccc1)c1nnc(N2CCSCC2)o1. The van der Waals surface area contributed by atoms with E-state index in [0.717, 1.165) is 24.6 Å². The molecule has 5 nitrogen and oxygen atoms in total. The van der Waals surface area contributed by atoms with Gasteiger partial charge in [-0.2, -0.15) is 11.8 Å². The third-order valence-corrected chi connectivity index (χ3v) is 4.27. The molecule has 2 aromatic rings. The predicted octanol–water partition coefficient (Wildman–Crippen LogP) is 1.87. The second-order valence-electron chi connectivity index (χ2n) is 4.82. The lowest BCUT2D eigenvalue weighted by molar-refractivity contribution is 0.444. The minimum Gasteiger partial charge on any atom is -0.406 e. The van der Waals surface area contributed by atoms with Gasteiger partial charge in [0, 0.05) is 24.6 Å². The standard InChI is InChI=1S/C14H18N4OS/c15-12(10-11-4-2-1-3-5-11)13-16-17-14(19-13)18-6-8-20-9-7-18/h1-5,12H,6-10,15H2/t12-/m1/s1. The number of hydrogen-bond donors (Lipinski definition) is 1. The monoisotopic (exact) mass is 290 g/mol. The molecule has 0 spiro atoms. The van der Waals surface area contributed by atoms with Crippen LogP contribution in [0.5, 0.6) is 0 Å². The van der Waals surface area contributed by atoms with Gasteiger partial charge in [0.1, 0.15) is 0 Å². The Labute approximate surface area is 122 Å². The Hall–Kier alpha value is -1.53. The fourth-order valence-corrected chi connectivity index (χ4v) is 3.12. The number of benzene rings is 1. The van der Waals surface area contributed by atoms with Crippen molar-refractivity contribution in [2.24, 2.45) is 5.73 Å². The van der Waals surface area contributed by atoms with E-state index in [1.807, 2.05) is 30.0 Å². The topological polar surface area (TPSA) is 68.2 Å². The van der Waals surface area contributed by atoms with Crippen molar-refractivity contribution < 1.29 is 4.42 Å². The van der Waals surface area contributed by atoms with E-state index >= 15 is 0 Å². The van der Waals surface area contributed by atoms with E-state index in [4.69, 9.17) is 10.2 Å². The van der Waals surface area contributed by atoms with Crippen molar-refractivity contribution in [1.29, 1.82) is 0 Å². The first-order chi connectivity index (χ1) is 9.83. The number of hydrogen-bond acceptors (Lipinski definition) is 6. The summed E-state index contributed by atoms with van der Waals surface area (Å²) in [4.78, 5) is 2.13. The minimum atomic E-state index is -0.252. The van der Waals surface area contributed by atoms with Gasteiger partial charge >= 0.3 is 6.01 Å². The van der Waals surface area contributed by atoms with Crippen LogP contribution in [0, 0.1) is 0 Å². The molecule has 1 saturated heterocycles. The van der Waals surface area contributed by atoms with Crippen molar-refractivity contribution in [2.75, 3.05) is 29.5 Å². The van der Waals surface area contributed by atoms with Crippen LogP contribution in [0.25, 0.3) is 0 Å². The van der Waals surface area contributed by atoms with Crippen molar-refractivity contribution in [2.45, 2.75) is 12.5 Å². The molecule has 20 heavy (non-hydrogen) atoms. The Morgan fingerprint density at radius 3 is 2.70 bits per heavy atom. The van der Waals surface area contributed by atoms with Crippen LogP contribution in [-0.4, -0.2) is 34.8 Å². The van der Waals surface area contributed by atoms with Crippen LogP contribution in [0.15, 0.2) is 34.7 Å². The Bertz CT molecular complexity index is 539. The normalized spacial score (nSPS) is 17.1. The summed E-state index contributed by atoms with van der Waals surface area (Å²) in [6.07, 6.45) is 0.707. The average Bonchev–Trinajstić information content (AvgIpc) is 2.99. The van der Waals surface area contributed by atoms with Gasteiger partial charge < -0.3 is 15.1 Å². The molecule has 0 unspecified atom stereocenters. The smallest absolute Gasteiger partial charge is 0.318 e. The van der Waals surface area contributed by atoms with Gasteiger partial charge in [0.05, 0.1) is 6.04 Å². The van der Waals surface area contributed by atoms with Crippen molar-refractivity contribution in [3.8, 4) is 0 Å². The summed E-state index contributed by atoms with van der Waals surface area (Å²) in [5.41, 5.74) is 7.33. The summed E-state index contributed by atoms with van der Waals surface area (Å²) in [5, 5.41) is 8.22. The van der Waals surface area contributed by atoms with Gasteiger partial charge in [-0.15, -0.1) is 5.10 Å². The van der Waals surface area contributed by atoms with E-state index in [9.17, 15) is 0 Å². The number of thioether (sulfide) groups is 1. The third kappa shape index (κ3) is 3.13. The maximum absolute atomic E-state index is 6.15. The third-order valence-electron chi connectivity index (χ3n) is 3.33. The lowest BCUT2D eigenvalue weighted by Crippen LogP contribution is -2.32. The summed E-state index contributed by atoms with van der Waals surface area (Å²) >= 11 is 1.95. The molecule has 1 atom stereocenters. The Balaban J connectivity index is 1.66. The van der Waals surface area contributed by atoms with Crippen molar-refractivity contribution >= 4 is 17.8 Å². The number of rotatable bonds is 4. The highest BCUT2D eigenvalue weighted by Crippen LogP contribution is 2.21. The van der Waals surface area contributed by atoms with Gasteiger partial charge in [-0.05, 0) is 12.0 Å². The lowest BCUT2D eigenvalue weighted by Gasteiger charge is -2.23. The lowest BCUT2D eigenvalue weighted by atomic mass is 10.1. The number of aromatic nitrogens is 2. The zero-order valence-corrected chi connectivity index (χ0v) is 12.1. The van der Waals surface area contributed by atoms with Crippen molar-refractivity contribution in [3.05, 3.63) is 41.8 Å². The van der Waals surface area contributed by atoms with Crippen LogP contribution in [0.3, 0.4) is 0 Å². The molecule has 2 heterocycles. The van der Waals surface area contributed by atoms with Crippen LogP contribution in [0.1, 0.15) is 17.5 Å². The average molecular weight is 290 g/mol. The summed E-state index contributed by atoms with van der Waals surface area (Å²) in [6, 6.07) is 10.5. The molecule has 3 rings (SSSR count). The van der Waals surface area contributed by atoms with Gasteiger partial charge in [-0.1, -0.05) is 35.4 Å². The highest BCUT2D eigenvalue weighted by atomic mass is 32.2. The maximum atomic E-state index is 6.15. The largest absolute Gasteiger partial charge is 0.406 e. The molecule has 106 valence electrons. The quantitative estimate of drug-likeness (QED) is 0.927. The second kappa shape index (κ2) is 6.28. The van der Waals surface area contributed by atoms with Crippen molar-refractivity contribution in [1.82, 2.24) is 10.2 Å². The molecule has 2 N–H and O–H groups in total. The van der Waals surface area contributed by atoms with Gasteiger partial charge in [-0.25, -0.2) is 0 Å². The molecule has 1 aromatic carbocycles. The summed E-state index contributed by atoms with van der Waals surface area (Å²) in [5.74, 6) is 2.73. The van der Waals surface area contributed by atoms with E-state index in [1.54, 1.807) is 0 Å². The van der Waals surface area contributed by atoms with Gasteiger partial charge in [0.15, 0.2) is 0 Å². The van der Waals surface area contributed by atoms with E-state index in [2.05, 4.69) is 27.2 Å². The Kier molecular flexibility index (Phi) is 4.22. The minimum absolute atomic E-state index is 0.252. The summed E-state index contributed by atoms with van der Waals surface area (Å²) < 4.78 is 5.73. The Morgan fingerprint density at radius 2 is 1.95 bits per heavy atom. The molecule has 1 aromatic heterocycles. The summed E-state index contributed by atoms with van der Waals surface area (Å²) in [6.45, 7) is 1.92. The van der Waals surface area contributed by atoms with Crippen LogP contribution < -0.4 is 10.6 Å². The number of nitrogens with two attached hydrogens (primary N) is 1. The number of anilines is 1. The maximum Gasteiger partial charge on any atom is 0.318 e. The van der Waals surface area contributed by atoms with Gasteiger partial charge in [0.25, 0.3) is 0 Å². The van der Waals surface area contributed by atoms with Crippen LogP contribution in [0.4, 0.5) is 6.01 Å². The van der Waals surface area contributed by atoms with Crippen LogP contribution in [0.2, 0.25) is 0 Å². The fourth-order valence-electron chi connectivity index (χ4n) is 2.21. The first kappa shape index (κ1) is 13.5. The molecule has 6 heteroatoms. The van der Waals surface area contributed by atoms with E-state index in [1.165, 1.54) is 5.56 Å². The molecule has 1 fully saturated rings. The van der Waals surface area contributed by atoms with Crippen LogP contribution in [-0.2, 0) is 6.42 Å². The number of nitrogens with zero attached hydrogens (tertiary/aromatic N) is 3. The molecule has 0 aliphatic carbocycles. The Morgan fingerprint density at radius 1 is 1.20 bits per heavy atom. The molecular weight excluding hydrogens is 272 g/mol. The van der Waals surface area contributed by atoms with E-state index in [0.29, 0.717) is 18.3 Å². The van der Waals surface area contributed by atoms with Crippen LogP contribution >= 0.6 is 11.8 Å². The predicted molar refractivity (Wildman–Crippen MR) is 80.9 cm³/mol.